The van der Waals surface area contributed by atoms with Gasteiger partial charge in [-0.2, -0.15) is 0 Å². The van der Waals surface area contributed by atoms with Crippen molar-refractivity contribution in [2.24, 2.45) is 0 Å². The molecule has 0 unspecified atom stereocenters. The van der Waals surface area contributed by atoms with Crippen molar-refractivity contribution in [3.8, 4) is 0 Å². The highest BCUT2D eigenvalue weighted by molar-refractivity contribution is 7.15. The minimum absolute atomic E-state index is 0.147. The molecule has 1 aliphatic carbocycles. The second-order valence-corrected chi connectivity index (χ2v) is 6.52. The zero-order valence-electron chi connectivity index (χ0n) is 11.6. The molecule has 112 valence electrons. The average Bonchev–Trinajstić information content (AvgIpc) is 2.91. The molecule has 0 atom stereocenters. The Labute approximate surface area is 127 Å². The maximum absolute atomic E-state index is 12.9. The van der Waals surface area contributed by atoms with Crippen LogP contribution in [0.1, 0.15) is 36.3 Å². The van der Waals surface area contributed by atoms with E-state index < -0.39 is 0 Å². The van der Waals surface area contributed by atoms with Crippen LogP contribution in [0.4, 0.5) is 9.52 Å². The smallest absolute Gasteiger partial charge is 0.205 e. The van der Waals surface area contributed by atoms with E-state index in [1.165, 1.54) is 23.5 Å². The van der Waals surface area contributed by atoms with E-state index in [1.807, 2.05) is 0 Å². The maximum Gasteiger partial charge on any atom is 0.205 e. The summed E-state index contributed by atoms with van der Waals surface area (Å²) in [5.41, 5.74) is 1.03. The molecule has 1 aromatic carbocycles. The van der Waals surface area contributed by atoms with Crippen LogP contribution in [0.2, 0.25) is 0 Å². The molecule has 0 bridgehead atoms. The van der Waals surface area contributed by atoms with E-state index in [1.54, 1.807) is 12.1 Å². The fourth-order valence-electron chi connectivity index (χ4n) is 2.56. The molecule has 1 heterocycles. The van der Waals surface area contributed by atoms with Crippen LogP contribution in [-0.4, -0.2) is 27.4 Å². The van der Waals surface area contributed by atoms with Gasteiger partial charge >= 0.3 is 0 Å². The van der Waals surface area contributed by atoms with Gasteiger partial charge in [-0.15, -0.1) is 10.2 Å². The summed E-state index contributed by atoms with van der Waals surface area (Å²) in [6.07, 6.45) is 4.15. The number of hydrogen-bond donors (Lipinski definition) is 2. The third-order valence-electron chi connectivity index (χ3n) is 3.76. The second kappa shape index (κ2) is 6.49. The number of nitrogens with zero attached hydrogens (tertiary/aromatic N) is 2. The number of aliphatic hydroxyl groups is 1. The summed E-state index contributed by atoms with van der Waals surface area (Å²) in [5, 5.41) is 23.0. The van der Waals surface area contributed by atoms with Crippen LogP contribution in [-0.2, 0) is 6.42 Å². The first-order valence-corrected chi connectivity index (χ1v) is 8.02. The first-order valence-electron chi connectivity index (χ1n) is 7.20. The molecular formula is C15H18FN3OS. The molecule has 0 amide bonds. The van der Waals surface area contributed by atoms with Gasteiger partial charge in [-0.3, -0.25) is 0 Å². The molecule has 2 N–H and O–H groups in total. The first-order chi connectivity index (χ1) is 10.2. The Morgan fingerprint density at radius 1 is 1.14 bits per heavy atom. The quantitative estimate of drug-likeness (QED) is 0.912. The Bertz CT molecular complexity index is 579. The van der Waals surface area contributed by atoms with Crippen LogP contribution >= 0.6 is 11.3 Å². The Morgan fingerprint density at radius 2 is 1.86 bits per heavy atom. The number of rotatable bonds is 4. The van der Waals surface area contributed by atoms with Crippen LogP contribution in [0.15, 0.2) is 24.3 Å². The van der Waals surface area contributed by atoms with E-state index in [-0.39, 0.29) is 11.9 Å². The Hall–Kier alpha value is -1.53. The molecule has 6 heteroatoms. The number of halogens is 1. The van der Waals surface area contributed by atoms with Gasteiger partial charge in [0.1, 0.15) is 10.8 Å². The summed E-state index contributed by atoms with van der Waals surface area (Å²) in [5.74, 6) is -0.224. The van der Waals surface area contributed by atoms with Crippen molar-refractivity contribution < 1.29 is 9.50 Å². The summed E-state index contributed by atoms with van der Waals surface area (Å²) in [6.45, 7) is 0. The number of nitrogens with one attached hydrogen (secondary N) is 1. The normalized spacial score (nSPS) is 22.2. The van der Waals surface area contributed by atoms with E-state index in [4.69, 9.17) is 0 Å². The number of aliphatic hydroxyl groups excluding tert-OH is 1. The summed E-state index contributed by atoms with van der Waals surface area (Å²) >= 11 is 1.54. The van der Waals surface area contributed by atoms with Gasteiger partial charge in [0.05, 0.1) is 6.10 Å². The summed E-state index contributed by atoms with van der Waals surface area (Å²) in [4.78, 5) is 0. The van der Waals surface area contributed by atoms with E-state index in [2.05, 4.69) is 15.5 Å². The van der Waals surface area contributed by atoms with Gasteiger partial charge in [0, 0.05) is 12.5 Å². The standard InChI is InChI=1S/C15H18FN3OS/c16-11-3-1-10(2-4-11)9-14-18-19-15(21-14)17-12-5-7-13(20)8-6-12/h1-4,12-13,20H,5-9H2,(H,17,19). The fourth-order valence-corrected chi connectivity index (χ4v) is 3.41. The number of anilines is 1. The topological polar surface area (TPSA) is 58.0 Å². The molecule has 0 spiro atoms. The van der Waals surface area contributed by atoms with Gasteiger partial charge in [-0.05, 0) is 43.4 Å². The molecule has 0 radical (unpaired) electrons. The van der Waals surface area contributed by atoms with Crippen molar-refractivity contribution in [3.63, 3.8) is 0 Å². The predicted molar refractivity (Wildman–Crippen MR) is 81.0 cm³/mol. The molecule has 1 fully saturated rings. The Kier molecular flexibility index (Phi) is 4.45. The zero-order valence-corrected chi connectivity index (χ0v) is 12.4. The Morgan fingerprint density at radius 3 is 2.57 bits per heavy atom. The van der Waals surface area contributed by atoms with Crippen molar-refractivity contribution in [2.75, 3.05) is 5.32 Å². The highest BCUT2D eigenvalue weighted by Gasteiger charge is 2.20. The van der Waals surface area contributed by atoms with Gasteiger partial charge in [0.25, 0.3) is 0 Å². The lowest BCUT2D eigenvalue weighted by Crippen LogP contribution is -2.28. The minimum Gasteiger partial charge on any atom is -0.393 e. The van der Waals surface area contributed by atoms with E-state index in [0.29, 0.717) is 12.5 Å². The molecule has 4 nitrogen and oxygen atoms in total. The molecule has 21 heavy (non-hydrogen) atoms. The minimum atomic E-state index is -0.224. The third-order valence-corrected chi connectivity index (χ3v) is 4.61. The van der Waals surface area contributed by atoms with Crippen LogP contribution in [0.25, 0.3) is 0 Å². The highest BCUT2D eigenvalue weighted by atomic mass is 32.1. The summed E-state index contributed by atoms with van der Waals surface area (Å²) in [6, 6.07) is 6.84. The largest absolute Gasteiger partial charge is 0.393 e. The highest BCUT2D eigenvalue weighted by Crippen LogP contribution is 2.25. The lowest BCUT2D eigenvalue weighted by Gasteiger charge is -2.25. The predicted octanol–water partition coefficient (Wildman–Crippen LogP) is 2.98. The average molecular weight is 307 g/mol. The lowest BCUT2D eigenvalue weighted by atomic mass is 9.93. The zero-order chi connectivity index (χ0) is 14.7. The number of aromatic nitrogens is 2. The van der Waals surface area contributed by atoms with Crippen molar-refractivity contribution in [3.05, 3.63) is 40.7 Å². The molecule has 1 aliphatic rings. The lowest BCUT2D eigenvalue weighted by molar-refractivity contribution is 0.126. The number of benzene rings is 1. The molecular weight excluding hydrogens is 289 g/mol. The summed E-state index contributed by atoms with van der Waals surface area (Å²) < 4.78 is 12.9. The summed E-state index contributed by atoms with van der Waals surface area (Å²) in [7, 11) is 0. The van der Waals surface area contributed by atoms with Crippen LogP contribution < -0.4 is 5.32 Å². The molecule has 3 rings (SSSR count). The van der Waals surface area contributed by atoms with Crippen LogP contribution in [0.5, 0.6) is 0 Å². The molecule has 0 aliphatic heterocycles. The molecule has 2 aromatic rings. The first kappa shape index (κ1) is 14.4. The Balaban J connectivity index is 1.57. The fraction of sp³-hybridized carbons (Fsp3) is 0.467. The van der Waals surface area contributed by atoms with E-state index in [0.717, 1.165) is 41.4 Å². The SMILES string of the molecule is OC1CCC(Nc2nnc(Cc3ccc(F)cc3)s2)CC1. The van der Waals surface area contributed by atoms with Gasteiger partial charge in [0.2, 0.25) is 5.13 Å². The van der Waals surface area contributed by atoms with Gasteiger partial charge in [0.15, 0.2) is 0 Å². The van der Waals surface area contributed by atoms with Crippen molar-refractivity contribution in [2.45, 2.75) is 44.2 Å². The molecule has 0 saturated heterocycles. The van der Waals surface area contributed by atoms with Crippen molar-refractivity contribution >= 4 is 16.5 Å². The third kappa shape index (κ3) is 3.98. The van der Waals surface area contributed by atoms with Crippen LogP contribution in [0, 0.1) is 5.82 Å². The van der Waals surface area contributed by atoms with Crippen LogP contribution in [0.3, 0.4) is 0 Å². The maximum atomic E-state index is 12.9. The second-order valence-electron chi connectivity index (χ2n) is 5.45. The molecule has 1 aromatic heterocycles. The van der Waals surface area contributed by atoms with Crippen molar-refractivity contribution in [1.29, 1.82) is 0 Å². The van der Waals surface area contributed by atoms with Crippen molar-refractivity contribution in [1.82, 2.24) is 10.2 Å². The van der Waals surface area contributed by atoms with Gasteiger partial charge in [-0.25, -0.2) is 4.39 Å². The monoisotopic (exact) mass is 307 g/mol. The van der Waals surface area contributed by atoms with Gasteiger partial charge in [-0.1, -0.05) is 23.5 Å². The molecule has 1 saturated carbocycles. The van der Waals surface area contributed by atoms with E-state index >= 15 is 0 Å². The van der Waals surface area contributed by atoms with E-state index in [9.17, 15) is 9.50 Å². The number of hydrogen-bond acceptors (Lipinski definition) is 5. The van der Waals surface area contributed by atoms with Gasteiger partial charge < -0.3 is 10.4 Å².